The first-order chi connectivity index (χ1) is 14.4. The summed E-state index contributed by atoms with van der Waals surface area (Å²) in [5.74, 6) is 0.565. The van der Waals surface area contributed by atoms with E-state index in [4.69, 9.17) is 21.1 Å². The Morgan fingerprint density at radius 2 is 1.97 bits per heavy atom. The van der Waals surface area contributed by atoms with Gasteiger partial charge in [-0.1, -0.05) is 48.5 Å². The maximum absolute atomic E-state index is 12.9. The zero-order valence-corrected chi connectivity index (χ0v) is 18.4. The highest BCUT2D eigenvalue weighted by Gasteiger charge is 2.35. The maximum Gasteiger partial charge on any atom is 0.293 e. The maximum atomic E-state index is 12.9. The fraction of sp³-hybridized carbons (Fsp3) is 0.217. The van der Waals surface area contributed by atoms with Crippen LogP contribution in [-0.2, 0) is 11.3 Å². The summed E-state index contributed by atoms with van der Waals surface area (Å²) >= 11 is 7.29. The quantitative estimate of drug-likeness (QED) is 0.378. The Kier molecular flexibility index (Phi) is 7.24. The van der Waals surface area contributed by atoms with Crippen LogP contribution >= 0.6 is 23.4 Å². The fourth-order valence-corrected chi connectivity index (χ4v) is 4.07. The molecule has 156 valence electrons. The van der Waals surface area contributed by atoms with E-state index < -0.39 is 0 Å². The molecule has 5 nitrogen and oxygen atoms in total. The van der Waals surface area contributed by atoms with Gasteiger partial charge in [0.05, 0.1) is 23.1 Å². The van der Waals surface area contributed by atoms with Crippen LogP contribution in [0.25, 0.3) is 6.08 Å². The third kappa shape index (κ3) is 4.89. The zero-order chi connectivity index (χ0) is 21.7. The standard InChI is InChI=1S/C23H22ClNO4S/c1-4-10-29-21-18(24)11-16(12-19(21)28-5-2)13-20-22(26)25(23(27)30-20)14-17-9-7-6-8-15(17)3/h4,6-9,11-13H,1,5,10,14H2,2-3H3/b20-13-. The van der Waals surface area contributed by atoms with Crippen molar-refractivity contribution in [2.45, 2.75) is 20.4 Å². The van der Waals surface area contributed by atoms with E-state index in [0.29, 0.717) is 33.6 Å². The summed E-state index contributed by atoms with van der Waals surface area (Å²) < 4.78 is 11.2. The number of thioether (sulfide) groups is 1. The Bertz CT molecular complexity index is 1020. The second-order valence-electron chi connectivity index (χ2n) is 6.56. The van der Waals surface area contributed by atoms with Gasteiger partial charge < -0.3 is 9.47 Å². The molecule has 2 amide bonds. The van der Waals surface area contributed by atoms with Crippen molar-refractivity contribution in [1.29, 1.82) is 0 Å². The molecule has 1 heterocycles. The molecule has 0 radical (unpaired) electrons. The van der Waals surface area contributed by atoms with Crippen molar-refractivity contribution in [3.63, 3.8) is 0 Å². The summed E-state index contributed by atoms with van der Waals surface area (Å²) in [5, 5.41) is 0.0600. The minimum atomic E-state index is -0.325. The van der Waals surface area contributed by atoms with E-state index in [0.717, 1.165) is 22.9 Å². The predicted molar refractivity (Wildman–Crippen MR) is 121 cm³/mol. The SMILES string of the molecule is C=CCOc1c(Cl)cc(/C=C2\SC(=O)N(Cc3ccccc3C)C2=O)cc1OCC. The molecule has 0 saturated carbocycles. The number of hydrogen-bond donors (Lipinski definition) is 0. The van der Waals surface area contributed by atoms with E-state index in [-0.39, 0.29) is 24.3 Å². The van der Waals surface area contributed by atoms with E-state index in [1.165, 1.54) is 4.90 Å². The van der Waals surface area contributed by atoms with E-state index >= 15 is 0 Å². The average molecular weight is 444 g/mol. The minimum Gasteiger partial charge on any atom is -0.490 e. The molecule has 0 atom stereocenters. The lowest BCUT2D eigenvalue weighted by Gasteiger charge is -2.14. The lowest BCUT2D eigenvalue weighted by Crippen LogP contribution is -2.27. The first kappa shape index (κ1) is 22.0. The Labute approximate surface area is 185 Å². The van der Waals surface area contributed by atoms with Gasteiger partial charge in [0.2, 0.25) is 0 Å². The largest absolute Gasteiger partial charge is 0.490 e. The monoisotopic (exact) mass is 443 g/mol. The van der Waals surface area contributed by atoms with Crippen molar-refractivity contribution in [2.24, 2.45) is 0 Å². The molecular formula is C23H22ClNO4S. The summed E-state index contributed by atoms with van der Waals surface area (Å²) in [6.07, 6.45) is 3.26. The molecule has 2 aromatic carbocycles. The van der Waals surface area contributed by atoms with Gasteiger partial charge in [-0.15, -0.1) is 0 Å². The van der Waals surface area contributed by atoms with Crippen LogP contribution in [0.1, 0.15) is 23.6 Å². The second kappa shape index (κ2) is 9.87. The molecule has 1 aliphatic rings. The molecule has 0 spiro atoms. The molecule has 7 heteroatoms. The van der Waals surface area contributed by atoms with Crippen LogP contribution in [0.2, 0.25) is 5.02 Å². The molecule has 3 rings (SSSR count). The van der Waals surface area contributed by atoms with Crippen LogP contribution in [0.15, 0.2) is 54.0 Å². The Hall–Kier alpha value is -2.70. The summed E-state index contributed by atoms with van der Waals surface area (Å²) in [6.45, 7) is 8.40. The average Bonchev–Trinajstić information content (AvgIpc) is 2.96. The molecule has 1 fully saturated rings. The van der Waals surface area contributed by atoms with Crippen LogP contribution in [-0.4, -0.2) is 29.3 Å². The van der Waals surface area contributed by atoms with Crippen molar-refractivity contribution in [2.75, 3.05) is 13.2 Å². The van der Waals surface area contributed by atoms with E-state index in [1.54, 1.807) is 24.3 Å². The number of imide groups is 1. The number of amides is 2. The third-order valence-corrected chi connectivity index (χ3v) is 5.63. The van der Waals surface area contributed by atoms with Gasteiger partial charge in [-0.2, -0.15) is 0 Å². The highest BCUT2D eigenvalue weighted by atomic mass is 35.5. The molecule has 2 aromatic rings. The van der Waals surface area contributed by atoms with E-state index in [2.05, 4.69) is 6.58 Å². The predicted octanol–water partition coefficient (Wildman–Crippen LogP) is 5.85. The number of carbonyl (C=O) groups excluding carboxylic acids is 2. The van der Waals surface area contributed by atoms with Crippen LogP contribution < -0.4 is 9.47 Å². The lowest BCUT2D eigenvalue weighted by atomic mass is 10.1. The summed E-state index contributed by atoms with van der Waals surface area (Å²) in [7, 11) is 0. The van der Waals surface area contributed by atoms with E-state index in [1.807, 2.05) is 38.1 Å². The van der Waals surface area contributed by atoms with Gasteiger partial charge in [0, 0.05) is 0 Å². The molecular weight excluding hydrogens is 422 g/mol. The van der Waals surface area contributed by atoms with Gasteiger partial charge in [0.1, 0.15) is 6.61 Å². The van der Waals surface area contributed by atoms with Crippen molar-refractivity contribution in [3.8, 4) is 11.5 Å². The van der Waals surface area contributed by atoms with Crippen LogP contribution in [0, 0.1) is 6.92 Å². The van der Waals surface area contributed by atoms with Gasteiger partial charge in [-0.05, 0) is 60.5 Å². The van der Waals surface area contributed by atoms with Gasteiger partial charge in [0.25, 0.3) is 11.1 Å². The third-order valence-electron chi connectivity index (χ3n) is 4.44. The molecule has 0 unspecified atom stereocenters. The first-order valence-electron chi connectivity index (χ1n) is 9.44. The number of hydrogen-bond acceptors (Lipinski definition) is 5. The lowest BCUT2D eigenvalue weighted by molar-refractivity contribution is -0.123. The molecule has 1 aliphatic heterocycles. The summed E-state index contributed by atoms with van der Waals surface area (Å²) in [6, 6.07) is 11.1. The second-order valence-corrected chi connectivity index (χ2v) is 7.96. The first-order valence-corrected chi connectivity index (χ1v) is 10.6. The van der Waals surface area contributed by atoms with Crippen molar-refractivity contribution in [1.82, 2.24) is 4.90 Å². The summed E-state index contributed by atoms with van der Waals surface area (Å²) in [4.78, 5) is 26.9. The van der Waals surface area contributed by atoms with Crippen molar-refractivity contribution in [3.05, 3.63) is 75.7 Å². The van der Waals surface area contributed by atoms with Crippen LogP contribution in [0.3, 0.4) is 0 Å². The number of rotatable bonds is 8. The molecule has 0 aliphatic carbocycles. The van der Waals surface area contributed by atoms with Gasteiger partial charge in [0.15, 0.2) is 11.5 Å². The minimum absolute atomic E-state index is 0.244. The van der Waals surface area contributed by atoms with E-state index in [9.17, 15) is 9.59 Å². The van der Waals surface area contributed by atoms with Gasteiger partial charge >= 0.3 is 0 Å². The Balaban J connectivity index is 1.87. The Morgan fingerprint density at radius 3 is 2.67 bits per heavy atom. The topological polar surface area (TPSA) is 55.8 Å². The Morgan fingerprint density at radius 1 is 1.20 bits per heavy atom. The van der Waals surface area contributed by atoms with Gasteiger partial charge in [-0.25, -0.2) is 0 Å². The number of halogens is 1. The molecule has 0 aromatic heterocycles. The molecule has 0 bridgehead atoms. The number of aryl methyl sites for hydroxylation is 1. The van der Waals surface area contributed by atoms with Crippen LogP contribution in [0.4, 0.5) is 4.79 Å². The zero-order valence-electron chi connectivity index (χ0n) is 16.8. The number of carbonyl (C=O) groups is 2. The number of nitrogens with zero attached hydrogens (tertiary/aromatic N) is 1. The molecule has 0 N–H and O–H groups in total. The number of ether oxygens (including phenoxy) is 2. The molecule has 30 heavy (non-hydrogen) atoms. The van der Waals surface area contributed by atoms with Crippen molar-refractivity contribution < 1.29 is 19.1 Å². The normalized spacial score (nSPS) is 15.0. The smallest absolute Gasteiger partial charge is 0.293 e. The fourth-order valence-electron chi connectivity index (χ4n) is 2.96. The number of benzene rings is 2. The molecule has 1 saturated heterocycles. The highest BCUT2D eigenvalue weighted by Crippen LogP contribution is 2.39. The highest BCUT2D eigenvalue weighted by molar-refractivity contribution is 8.18. The van der Waals surface area contributed by atoms with Crippen molar-refractivity contribution >= 4 is 40.6 Å². The van der Waals surface area contributed by atoms with Crippen LogP contribution in [0.5, 0.6) is 11.5 Å². The summed E-state index contributed by atoms with van der Waals surface area (Å²) in [5.41, 5.74) is 2.62. The van der Waals surface area contributed by atoms with Gasteiger partial charge in [-0.3, -0.25) is 14.5 Å².